The van der Waals surface area contributed by atoms with Gasteiger partial charge in [-0.1, -0.05) is 52.4 Å². The number of carbonyl (C=O) groups excluding carboxylic acids is 3. The summed E-state index contributed by atoms with van der Waals surface area (Å²) < 4.78 is 14.5. The second-order valence-corrected chi connectivity index (χ2v) is 13.5. The van der Waals surface area contributed by atoms with Crippen LogP contribution in [0.4, 0.5) is 0 Å². The molecule has 12 heteroatoms. The largest absolute Gasteiger partial charge is 0.502 e. The molecule has 0 saturated carbocycles. The van der Waals surface area contributed by atoms with Crippen LogP contribution in [-0.4, -0.2) is 75.5 Å². The molecular formula is C30H52O7S5. The maximum atomic E-state index is 12.7. The molecule has 0 radical (unpaired) electrons. The summed E-state index contributed by atoms with van der Waals surface area (Å²) >= 11 is 22.4. The number of rotatable bonds is 27. The third kappa shape index (κ3) is 17.8. The average Bonchev–Trinajstić information content (AvgIpc) is 2.97. The lowest BCUT2D eigenvalue weighted by atomic mass is 9.88. The first-order valence-corrected chi connectivity index (χ1v) is 17.6. The number of hydrogen-bond acceptors (Lipinski definition) is 11. The van der Waals surface area contributed by atoms with Gasteiger partial charge in [-0.25, -0.2) is 4.79 Å². The zero-order chi connectivity index (χ0) is 31.9. The molecule has 0 saturated heterocycles. The number of thiol groups is 4. The lowest BCUT2D eigenvalue weighted by Gasteiger charge is -2.26. The molecule has 0 aliphatic carbocycles. The van der Waals surface area contributed by atoms with Gasteiger partial charge in [0.25, 0.3) is 0 Å². The fourth-order valence-electron chi connectivity index (χ4n) is 4.32. The van der Waals surface area contributed by atoms with E-state index in [2.05, 4.69) is 57.4 Å². The predicted molar refractivity (Wildman–Crippen MR) is 188 cm³/mol. The Kier molecular flexibility index (Phi) is 24.7. The van der Waals surface area contributed by atoms with Gasteiger partial charge in [0.1, 0.15) is 15.4 Å². The molecule has 0 amide bonds. The van der Waals surface area contributed by atoms with Crippen LogP contribution in [0.2, 0.25) is 0 Å². The number of carbonyl (C=O) groups is 2. The second-order valence-electron chi connectivity index (χ2n) is 10.7. The van der Waals surface area contributed by atoms with Crippen LogP contribution in [0, 0.1) is 5.92 Å². The molecule has 0 heterocycles. The number of hydrogen-bond donors (Lipinski definition) is 5. The first kappa shape index (κ1) is 41.6. The van der Waals surface area contributed by atoms with Crippen molar-refractivity contribution >= 4 is 85.7 Å². The lowest BCUT2D eigenvalue weighted by Crippen LogP contribution is -2.39. The van der Waals surface area contributed by atoms with E-state index in [-0.39, 0.29) is 55.1 Å². The van der Waals surface area contributed by atoms with E-state index in [1.807, 2.05) is 12.9 Å². The van der Waals surface area contributed by atoms with E-state index in [1.165, 1.54) is 19.3 Å². The van der Waals surface area contributed by atoms with Crippen molar-refractivity contribution in [2.24, 2.45) is 5.92 Å². The zero-order valence-corrected chi connectivity index (χ0v) is 29.7. The van der Waals surface area contributed by atoms with Crippen LogP contribution in [0.25, 0.3) is 0 Å². The molecule has 7 nitrogen and oxygen atoms in total. The number of aliphatic hydroxyl groups is 1. The summed E-state index contributed by atoms with van der Waals surface area (Å²) in [5, 5.41) is 9.18. The Morgan fingerprint density at radius 1 is 0.786 bits per heavy atom. The van der Waals surface area contributed by atoms with Gasteiger partial charge in [-0.2, -0.15) is 50.5 Å². The minimum atomic E-state index is -1.12. The van der Waals surface area contributed by atoms with Gasteiger partial charge in [0.05, 0.1) is 13.2 Å². The number of esters is 2. The SMILES string of the molecule is CCCCCCCCOC(=O)C(S)(CS)CCOCCC(S)(CS)C(=O)OCCCCC(CCC)C(=C=O)CC(O)=S. The topological polar surface area (TPSA) is 99.1 Å². The highest BCUT2D eigenvalue weighted by atomic mass is 32.1. The molecule has 0 rings (SSSR count). The smallest absolute Gasteiger partial charge is 0.322 e. The summed E-state index contributed by atoms with van der Waals surface area (Å²) in [6.45, 7) is 5.29. The highest BCUT2D eigenvalue weighted by Crippen LogP contribution is 2.27. The van der Waals surface area contributed by atoms with Crippen LogP contribution in [0.1, 0.15) is 104 Å². The van der Waals surface area contributed by atoms with Gasteiger partial charge in [-0.05, 0) is 63.1 Å². The van der Waals surface area contributed by atoms with Gasteiger partial charge >= 0.3 is 11.9 Å². The number of ether oxygens (including phenoxy) is 3. The summed E-state index contributed by atoms with van der Waals surface area (Å²) in [5.41, 5.74) is 0.486. The third-order valence-corrected chi connectivity index (χ3v) is 9.97. The third-order valence-electron chi connectivity index (χ3n) is 7.12. The molecule has 0 aromatic carbocycles. The van der Waals surface area contributed by atoms with Crippen molar-refractivity contribution in [3.63, 3.8) is 0 Å². The van der Waals surface area contributed by atoms with Gasteiger partial charge < -0.3 is 19.3 Å². The van der Waals surface area contributed by atoms with Crippen LogP contribution in [0.5, 0.6) is 0 Å². The first-order valence-electron chi connectivity index (χ1n) is 15.1. The van der Waals surface area contributed by atoms with Crippen LogP contribution < -0.4 is 0 Å². The van der Waals surface area contributed by atoms with Crippen molar-refractivity contribution in [3.8, 4) is 0 Å². The molecule has 0 fully saturated rings. The van der Waals surface area contributed by atoms with Gasteiger partial charge in [0, 0.05) is 36.7 Å². The van der Waals surface area contributed by atoms with E-state index in [1.54, 1.807) is 0 Å². The summed E-state index contributed by atoms with van der Waals surface area (Å²) in [7, 11) is 0. The van der Waals surface area contributed by atoms with E-state index < -0.39 is 21.4 Å². The molecule has 0 aliphatic heterocycles. The first-order chi connectivity index (χ1) is 20.0. The van der Waals surface area contributed by atoms with Crippen molar-refractivity contribution in [2.75, 3.05) is 37.9 Å². The Hall–Kier alpha value is -0.360. The minimum absolute atomic E-state index is 0.00687. The van der Waals surface area contributed by atoms with E-state index in [4.69, 9.17) is 26.4 Å². The quantitative estimate of drug-likeness (QED) is 0.0207. The Balaban J connectivity index is 4.46. The van der Waals surface area contributed by atoms with Crippen molar-refractivity contribution in [2.45, 2.75) is 113 Å². The molecule has 0 aromatic rings. The molecule has 244 valence electrons. The monoisotopic (exact) mass is 684 g/mol. The highest BCUT2D eigenvalue weighted by molar-refractivity contribution is 7.86. The van der Waals surface area contributed by atoms with E-state index in [0.29, 0.717) is 25.0 Å². The summed E-state index contributed by atoms with van der Waals surface area (Å²) in [6, 6.07) is 0. The van der Waals surface area contributed by atoms with E-state index in [0.717, 1.165) is 44.9 Å². The van der Waals surface area contributed by atoms with E-state index in [9.17, 15) is 19.5 Å². The number of aliphatic hydroxyl groups excluding tert-OH is 1. The van der Waals surface area contributed by atoms with Crippen molar-refractivity contribution < 1.29 is 33.7 Å². The molecule has 0 aromatic heterocycles. The maximum absolute atomic E-state index is 12.7. The Morgan fingerprint density at radius 3 is 1.74 bits per heavy atom. The normalized spacial score (nSPS) is 14.7. The van der Waals surface area contributed by atoms with E-state index >= 15 is 0 Å². The Labute approximate surface area is 280 Å². The Bertz CT molecular complexity index is 837. The van der Waals surface area contributed by atoms with Crippen molar-refractivity contribution in [1.29, 1.82) is 0 Å². The molecule has 1 N–H and O–H groups in total. The predicted octanol–water partition coefficient (Wildman–Crippen LogP) is 7.05. The van der Waals surface area contributed by atoms with Crippen molar-refractivity contribution in [1.82, 2.24) is 0 Å². The highest BCUT2D eigenvalue weighted by Gasteiger charge is 2.36. The second kappa shape index (κ2) is 24.9. The molecule has 3 atom stereocenters. The number of thiocarbonyl (C=S) groups is 1. The average molecular weight is 685 g/mol. The molecule has 42 heavy (non-hydrogen) atoms. The molecule has 3 unspecified atom stereocenters. The van der Waals surface area contributed by atoms with Crippen LogP contribution in [0.3, 0.4) is 0 Å². The summed E-state index contributed by atoms with van der Waals surface area (Å²) in [6.07, 6.45) is 11.1. The fraction of sp³-hybridized carbons (Fsp3) is 0.833. The lowest BCUT2D eigenvalue weighted by molar-refractivity contribution is -0.146. The van der Waals surface area contributed by atoms with Crippen molar-refractivity contribution in [3.05, 3.63) is 5.57 Å². The molecule has 0 spiro atoms. The molecular weight excluding hydrogens is 633 g/mol. The summed E-state index contributed by atoms with van der Waals surface area (Å²) in [4.78, 5) is 36.6. The maximum Gasteiger partial charge on any atom is 0.322 e. The van der Waals surface area contributed by atoms with Gasteiger partial charge in [0.15, 0.2) is 5.05 Å². The Morgan fingerprint density at radius 2 is 1.29 bits per heavy atom. The minimum Gasteiger partial charge on any atom is -0.502 e. The van der Waals surface area contributed by atoms with Crippen LogP contribution in [0.15, 0.2) is 5.57 Å². The molecule has 0 bridgehead atoms. The number of unbranched alkanes of at least 4 members (excludes halogenated alkanes) is 6. The van der Waals surface area contributed by atoms with Crippen LogP contribution >= 0.6 is 62.7 Å². The fourth-order valence-corrected chi connectivity index (χ4v) is 5.36. The zero-order valence-electron chi connectivity index (χ0n) is 25.3. The molecule has 0 aliphatic rings. The summed E-state index contributed by atoms with van der Waals surface area (Å²) in [5.74, 6) is 1.46. The van der Waals surface area contributed by atoms with Crippen LogP contribution in [-0.2, 0) is 28.6 Å². The standard InChI is InChI=1S/C30H52O7S5/c1-3-5-6-7-8-10-16-36-27(33)29(41,22-38)14-18-35-19-15-30(42,23-39)28(34)37-17-11-9-13-24(12-4-2)25(21-31)20-26(32)40/h24,38-39,41-42H,3-20,22-23H2,1-2H3,(H,32,40). The van der Waals surface area contributed by atoms with Gasteiger partial charge in [0.2, 0.25) is 0 Å². The van der Waals surface area contributed by atoms with Gasteiger partial charge in [-0.15, -0.1) is 0 Å². The van der Waals surface area contributed by atoms with Gasteiger partial charge in [-0.3, -0.25) is 9.59 Å².